The first kappa shape index (κ1) is 20.9. The highest BCUT2D eigenvalue weighted by Gasteiger charge is 2.34. The van der Waals surface area contributed by atoms with Crippen LogP contribution in [0.5, 0.6) is 0 Å². The summed E-state index contributed by atoms with van der Waals surface area (Å²) in [6.45, 7) is 0.480. The van der Waals surface area contributed by atoms with E-state index in [1.807, 2.05) is 6.07 Å². The molecular formula is C22H29ClFNO. The van der Waals surface area contributed by atoms with E-state index in [0.717, 1.165) is 12.0 Å². The monoisotopic (exact) mass is 377 g/mol. The van der Waals surface area contributed by atoms with Gasteiger partial charge < -0.3 is 9.64 Å². The minimum Gasteiger partial charge on any atom is -0.373 e. The molecule has 0 N–H and O–H groups in total. The normalized spacial score (nSPS) is 21.2. The Balaban J connectivity index is 0.00000243. The van der Waals surface area contributed by atoms with Crippen molar-refractivity contribution in [1.29, 1.82) is 0 Å². The molecule has 0 aliphatic heterocycles. The van der Waals surface area contributed by atoms with E-state index in [-0.39, 0.29) is 24.3 Å². The van der Waals surface area contributed by atoms with Gasteiger partial charge in [0.05, 0.1) is 12.7 Å². The van der Waals surface area contributed by atoms with E-state index in [4.69, 9.17) is 4.74 Å². The lowest BCUT2D eigenvalue weighted by Gasteiger charge is -2.40. The second-order valence-corrected chi connectivity index (χ2v) is 7.25. The summed E-state index contributed by atoms with van der Waals surface area (Å²) in [5, 5.41) is 0. The molecule has 1 aliphatic carbocycles. The van der Waals surface area contributed by atoms with Crippen molar-refractivity contribution in [3.8, 4) is 0 Å². The van der Waals surface area contributed by atoms with Crippen molar-refractivity contribution in [1.82, 2.24) is 4.90 Å². The molecule has 3 rings (SSSR count). The molecule has 0 amide bonds. The number of ether oxygens (including phenoxy) is 1. The summed E-state index contributed by atoms with van der Waals surface area (Å²) in [5.74, 6) is 0.261. The molecule has 2 nitrogen and oxygen atoms in total. The van der Waals surface area contributed by atoms with Gasteiger partial charge in [0.25, 0.3) is 0 Å². The molecule has 1 aliphatic rings. The van der Waals surface area contributed by atoms with Crippen molar-refractivity contribution in [3.63, 3.8) is 0 Å². The molecule has 0 aromatic heterocycles. The maximum absolute atomic E-state index is 13.4. The molecule has 2 aromatic carbocycles. The van der Waals surface area contributed by atoms with Crippen molar-refractivity contribution in [2.75, 3.05) is 14.1 Å². The van der Waals surface area contributed by atoms with Gasteiger partial charge in [-0.25, -0.2) is 4.39 Å². The smallest absolute Gasteiger partial charge is 0.123 e. The molecule has 26 heavy (non-hydrogen) atoms. The van der Waals surface area contributed by atoms with E-state index in [1.165, 1.54) is 30.9 Å². The Morgan fingerprint density at radius 2 is 1.77 bits per heavy atom. The van der Waals surface area contributed by atoms with Crippen LogP contribution in [0.15, 0.2) is 54.6 Å². The van der Waals surface area contributed by atoms with Crippen LogP contribution in [0, 0.1) is 11.7 Å². The largest absolute Gasteiger partial charge is 0.373 e. The van der Waals surface area contributed by atoms with E-state index in [2.05, 4.69) is 49.3 Å². The summed E-state index contributed by atoms with van der Waals surface area (Å²) in [6, 6.07) is 17.8. The second kappa shape index (κ2) is 10.1. The Morgan fingerprint density at radius 1 is 1.04 bits per heavy atom. The van der Waals surface area contributed by atoms with Gasteiger partial charge in [-0.1, -0.05) is 55.3 Å². The standard InChI is InChI=1S/C22H28FNO.ClH/c1-24(2)22(18-10-4-3-5-11-18)20-13-6-7-14-21(20)25-16-17-9-8-12-19(23)15-17;/h3-5,8-12,15,20-22H,6-7,13-14,16H2,1-2H3;1H. The third kappa shape index (κ3) is 5.29. The van der Waals surface area contributed by atoms with Crippen molar-refractivity contribution in [2.24, 2.45) is 5.92 Å². The first-order valence-corrected chi connectivity index (χ1v) is 9.22. The van der Waals surface area contributed by atoms with Crippen LogP contribution in [0.3, 0.4) is 0 Å². The zero-order valence-electron chi connectivity index (χ0n) is 15.6. The Kier molecular flexibility index (Phi) is 8.08. The Hall–Kier alpha value is -1.42. The molecule has 142 valence electrons. The van der Waals surface area contributed by atoms with Gasteiger partial charge in [0.15, 0.2) is 0 Å². The van der Waals surface area contributed by atoms with Crippen LogP contribution < -0.4 is 0 Å². The minimum atomic E-state index is -0.197. The number of nitrogens with zero attached hydrogens (tertiary/aromatic N) is 1. The summed E-state index contributed by atoms with van der Waals surface area (Å²) in [7, 11) is 4.30. The van der Waals surface area contributed by atoms with Gasteiger partial charge in [-0.05, 0) is 50.2 Å². The maximum Gasteiger partial charge on any atom is 0.123 e. The predicted molar refractivity (Wildman–Crippen MR) is 107 cm³/mol. The number of benzene rings is 2. The fraction of sp³-hybridized carbons (Fsp3) is 0.455. The highest BCUT2D eigenvalue weighted by Crippen LogP contribution is 2.39. The number of hydrogen-bond donors (Lipinski definition) is 0. The predicted octanol–water partition coefficient (Wildman–Crippen LogP) is 5.63. The Labute approximate surface area is 162 Å². The van der Waals surface area contributed by atoms with E-state index in [0.29, 0.717) is 18.6 Å². The minimum absolute atomic E-state index is 0. The number of rotatable bonds is 6. The van der Waals surface area contributed by atoms with Crippen LogP contribution in [-0.2, 0) is 11.3 Å². The Morgan fingerprint density at radius 3 is 2.46 bits per heavy atom. The highest BCUT2D eigenvalue weighted by atomic mass is 35.5. The van der Waals surface area contributed by atoms with E-state index in [1.54, 1.807) is 12.1 Å². The van der Waals surface area contributed by atoms with Gasteiger partial charge in [-0.15, -0.1) is 12.4 Å². The van der Waals surface area contributed by atoms with E-state index in [9.17, 15) is 4.39 Å². The van der Waals surface area contributed by atoms with Crippen LogP contribution in [0.4, 0.5) is 4.39 Å². The Bertz CT molecular complexity index is 664. The molecule has 0 radical (unpaired) electrons. The van der Waals surface area contributed by atoms with Gasteiger partial charge >= 0.3 is 0 Å². The third-order valence-electron chi connectivity index (χ3n) is 5.21. The highest BCUT2D eigenvalue weighted by molar-refractivity contribution is 5.85. The van der Waals surface area contributed by atoms with E-state index >= 15 is 0 Å². The molecule has 0 heterocycles. The molecule has 3 unspecified atom stereocenters. The van der Waals surface area contributed by atoms with Crippen molar-refractivity contribution < 1.29 is 9.13 Å². The average Bonchev–Trinajstić information content (AvgIpc) is 2.62. The average molecular weight is 378 g/mol. The first-order valence-electron chi connectivity index (χ1n) is 9.22. The molecule has 0 spiro atoms. The van der Waals surface area contributed by atoms with Gasteiger partial charge in [-0.3, -0.25) is 0 Å². The summed E-state index contributed by atoms with van der Waals surface area (Å²) in [5.41, 5.74) is 2.25. The van der Waals surface area contributed by atoms with Gasteiger partial charge in [0, 0.05) is 12.0 Å². The fourth-order valence-electron chi connectivity index (χ4n) is 4.10. The fourth-order valence-corrected chi connectivity index (χ4v) is 4.10. The molecular weight excluding hydrogens is 349 g/mol. The topological polar surface area (TPSA) is 12.5 Å². The lowest BCUT2D eigenvalue weighted by atomic mass is 9.78. The zero-order valence-corrected chi connectivity index (χ0v) is 16.4. The van der Waals surface area contributed by atoms with Crippen LogP contribution in [0.1, 0.15) is 42.9 Å². The van der Waals surface area contributed by atoms with E-state index < -0.39 is 0 Å². The molecule has 0 bridgehead atoms. The van der Waals surface area contributed by atoms with Crippen molar-refractivity contribution in [2.45, 2.75) is 44.4 Å². The molecule has 3 atom stereocenters. The lowest BCUT2D eigenvalue weighted by molar-refractivity contribution is -0.0464. The number of hydrogen-bond acceptors (Lipinski definition) is 2. The van der Waals surface area contributed by atoms with Crippen LogP contribution in [0.25, 0.3) is 0 Å². The second-order valence-electron chi connectivity index (χ2n) is 7.25. The van der Waals surface area contributed by atoms with Crippen LogP contribution in [-0.4, -0.2) is 25.1 Å². The SMILES string of the molecule is CN(C)C(c1ccccc1)C1CCCCC1OCc1cccc(F)c1.Cl. The first-order chi connectivity index (χ1) is 12.1. The summed E-state index contributed by atoms with van der Waals surface area (Å²) < 4.78 is 19.7. The van der Waals surface area contributed by atoms with Crippen molar-refractivity contribution in [3.05, 3.63) is 71.5 Å². The molecule has 4 heteroatoms. The summed E-state index contributed by atoms with van der Waals surface area (Å²) >= 11 is 0. The molecule has 2 aromatic rings. The zero-order chi connectivity index (χ0) is 17.6. The number of halogens is 2. The molecule has 1 saturated carbocycles. The quantitative estimate of drug-likeness (QED) is 0.647. The maximum atomic E-state index is 13.4. The molecule has 1 fully saturated rings. The third-order valence-corrected chi connectivity index (χ3v) is 5.21. The molecule has 0 saturated heterocycles. The summed E-state index contributed by atoms with van der Waals surface area (Å²) in [4.78, 5) is 2.31. The van der Waals surface area contributed by atoms with Crippen molar-refractivity contribution >= 4 is 12.4 Å². The van der Waals surface area contributed by atoms with Crippen LogP contribution in [0.2, 0.25) is 0 Å². The van der Waals surface area contributed by atoms with Gasteiger partial charge in [0.2, 0.25) is 0 Å². The lowest BCUT2D eigenvalue weighted by Crippen LogP contribution is -2.38. The van der Waals surface area contributed by atoms with Gasteiger partial charge in [-0.2, -0.15) is 0 Å². The summed E-state index contributed by atoms with van der Waals surface area (Å²) in [6.07, 6.45) is 4.92. The van der Waals surface area contributed by atoms with Gasteiger partial charge in [0.1, 0.15) is 5.82 Å². The van der Waals surface area contributed by atoms with Crippen LogP contribution >= 0.6 is 12.4 Å².